The van der Waals surface area contributed by atoms with Crippen molar-refractivity contribution in [3.05, 3.63) is 0 Å². The Morgan fingerprint density at radius 3 is 2.06 bits per heavy atom. The smallest absolute Gasteiger partial charge is 0.410 e. The van der Waals surface area contributed by atoms with Crippen molar-refractivity contribution in [3.8, 4) is 0 Å². The van der Waals surface area contributed by atoms with Crippen LogP contribution < -0.4 is 0 Å². The Bertz CT molecular complexity index is 403. The van der Waals surface area contributed by atoms with E-state index in [4.69, 9.17) is 4.74 Å². The minimum atomic E-state index is -2.98. The highest BCUT2D eigenvalue weighted by Gasteiger charge is 2.46. The summed E-state index contributed by atoms with van der Waals surface area (Å²) >= 11 is 0. The van der Waals surface area contributed by atoms with Crippen molar-refractivity contribution in [3.63, 3.8) is 0 Å². The van der Waals surface area contributed by atoms with E-state index < -0.39 is 15.4 Å². The first-order valence-electron chi connectivity index (χ1n) is 5.90. The van der Waals surface area contributed by atoms with E-state index in [9.17, 15) is 13.2 Å². The second kappa shape index (κ2) is 3.86. The number of hydrogen-bond donors (Lipinski definition) is 0. The first kappa shape index (κ1) is 12.7. The maximum absolute atomic E-state index is 12.0. The molecule has 2 rings (SSSR count). The van der Waals surface area contributed by atoms with Crippen molar-refractivity contribution >= 4 is 15.9 Å². The molecular weight excluding hydrogens is 242 g/mol. The predicted octanol–water partition coefficient (Wildman–Crippen LogP) is 1.18. The number of rotatable bonds is 0. The first-order valence-corrected chi connectivity index (χ1v) is 7.72. The van der Waals surface area contributed by atoms with E-state index in [1.165, 1.54) is 0 Å². The standard InChI is InChI=1S/C11H19NO4S/c1-11(2,3)16-10(13)12-8-4-5-9(12)7-17(14,15)6-8/h8-9H,4-7H2,1-3H3. The molecule has 0 radical (unpaired) electrons. The summed E-state index contributed by atoms with van der Waals surface area (Å²) in [4.78, 5) is 13.6. The lowest BCUT2D eigenvalue weighted by atomic mass is 10.2. The van der Waals surface area contributed by atoms with Gasteiger partial charge in [-0.1, -0.05) is 0 Å². The third-order valence-corrected chi connectivity index (χ3v) is 4.90. The average molecular weight is 261 g/mol. The summed E-state index contributed by atoms with van der Waals surface area (Å²) in [7, 11) is -2.98. The fraction of sp³-hybridized carbons (Fsp3) is 0.909. The van der Waals surface area contributed by atoms with Gasteiger partial charge in [-0.2, -0.15) is 0 Å². The van der Waals surface area contributed by atoms with E-state index in [1.54, 1.807) is 4.90 Å². The lowest BCUT2D eigenvalue weighted by Crippen LogP contribution is -2.52. The number of nitrogens with zero attached hydrogens (tertiary/aromatic N) is 1. The number of carbonyl (C=O) groups is 1. The predicted molar refractivity (Wildman–Crippen MR) is 63.5 cm³/mol. The van der Waals surface area contributed by atoms with Crippen molar-refractivity contribution in [2.45, 2.75) is 51.3 Å². The zero-order valence-corrected chi connectivity index (χ0v) is 11.3. The molecule has 2 aliphatic rings. The molecule has 2 unspecified atom stereocenters. The molecule has 2 atom stereocenters. The Morgan fingerprint density at radius 2 is 1.65 bits per heavy atom. The van der Waals surface area contributed by atoms with Gasteiger partial charge in [0.15, 0.2) is 9.84 Å². The molecule has 2 saturated heterocycles. The summed E-state index contributed by atoms with van der Waals surface area (Å²) in [6, 6.07) is -0.373. The Balaban J connectivity index is 2.12. The third-order valence-electron chi connectivity index (χ3n) is 3.12. The number of fused-ring (bicyclic) bond motifs is 2. The van der Waals surface area contributed by atoms with Crippen LogP contribution in [0.5, 0.6) is 0 Å². The first-order chi connectivity index (χ1) is 7.68. The molecule has 98 valence electrons. The summed E-state index contributed by atoms with van der Waals surface area (Å²) < 4.78 is 28.5. The Labute approximate surface area is 102 Å². The molecule has 17 heavy (non-hydrogen) atoms. The Kier molecular flexibility index (Phi) is 2.88. The van der Waals surface area contributed by atoms with Crippen LogP contribution in [0.3, 0.4) is 0 Å². The highest BCUT2D eigenvalue weighted by atomic mass is 32.2. The number of ether oxygens (including phenoxy) is 1. The quantitative estimate of drug-likeness (QED) is 0.657. The minimum Gasteiger partial charge on any atom is -0.444 e. The van der Waals surface area contributed by atoms with Crippen LogP contribution >= 0.6 is 0 Å². The van der Waals surface area contributed by atoms with E-state index >= 15 is 0 Å². The molecule has 0 N–H and O–H groups in total. The van der Waals surface area contributed by atoms with E-state index in [1.807, 2.05) is 20.8 Å². The summed E-state index contributed by atoms with van der Waals surface area (Å²) in [6.45, 7) is 5.44. The van der Waals surface area contributed by atoms with Crippen molar-refractivity contribution in [2.75, 3.05) is 11.5 Å². The second-order valence-corrected chi connectivity index (χ2v) is 8.00. The van der Waals surface area contributed by atoms with E-state index in [2.05, 4.69) is 0 Å². The van der Waals surface area contributed by atoms with Crippen molar-refractivity contribution in [1.29, 1.82) is 0 Å². The fourth-order valence-electron chi connectivity index (χ4n) is 2.56. The molecular formula is C11H19NO4S. The van der Waals surface area contributed by atoms with Crippen LogP contribution in [0.25, 0.3) is 0 Å². The van der Waals surface area contributed by atoms with Gasteiger partial charge < -0.3 is 9.64 Å². The fourth-order valence-corrected chi connectivity index (χ4v) is 4.52. The average Bonchev–Trinajstić information content (AvgIpc) is 2.35. The van der Waals surface area contributed by atoms with Gasteiger partial charge in [0.05, 0.1) is 11.5 Å². The number of amides is 1. The lowest BCUT2D eigenvalue weighted by Gasteiger charge is -2.35. The molecule has 5 nitrogen and oxygen atoms in total. The zero-order valence-electron chi connectivity index (χ0n) is 10.5. The molecule has 0 saturated carbocycles. The number of carbonyl (C=O) groups excluding carboxylic acids is 1. The summed E-state index contributed by atoms with van der Waals surface area (Å²) in [5.41, 5.74) is -0.535. The minimum absolute atomic E-state index is 0.0861. The molecule has 2 bridgehead atoms. The SMILES string of the molecule is CC(C)(C)OC(=O)N1C2CCC1CS(=O)(=O)C2. The van der Waals surface area contributed by atoms with E-state index in [0.29, 0.717) is 0 Å². The van der Waals surface area contributed by atoms with Crippen LogP contribution in [0.4, 0.5) is 4.79 Å². The van der Waals surface area contributed by atoms with Gasteiger partial charge in [0.25, 0.3) is 0 Å². The zero-order chi connectivity index (χ0) is 12.8. The maximum Gasteiger partial charge on any atom is 0.410 e. The lowest BCUT2D eigenvalue weighted by molar-refractivity contribution is 0.0170. The summed E-state index contributed by atoms with van der Waals surface area (Å²) in [6.07, 6.45) is 1.16. The third kappa shape index (κ3) is 2.73. The van der Waals surface area contributed by atoms with Gasteiger partial charge in [0, 0.05) is 12.1 Å². The van der Waals surface area contributed by atoms with Crippen molar-refractivity contribution < 1.29 is 17.9 Å². The molecule has 1 amide bonds. The monoisotopic (exact) mass is 261 g/mol. The van der Waals surface area contributed by atoms with E-state index in [-0.39, 0.29) is 29.7 Å². The number of sulfone groups is 1. The molecule has 0 aromatic rings. The van der Waals surface area contributed by atoms with Crippen LogP contribution in [0.15, 0.2) is 0 Å². The molecule has 0 aromatic carbocycles. The van der Waals surface area contributed by atoms with Gasteiger partial charge in [-0.25, -0.2) is 13.2 Å². The van der Waals surface area contributed by atoms with Crippen molar-refractivity contribution in [2.24, 2.45) is 0 Å². The Hall–Kier alpha value is -0.780. The van der Waals surface area contributed by atoms with Crippen LogP contribution in [0.1, 0.15) is 33.6 Å². The molecule has 0 spiro atoms. The number of hydrogen-bond acceptors (Lipinski definition) is 4. The molecule has 6 heteroatoms. The van der Waals surface area contributed by atoms with Crippen LogP contribution in [0, 0.1) is 0 Å². The van der Waals surface area contributed by atoms with Crippen LogP contribution in [-0.4, -0.2) is 48.6 Å². The maximum atomic E-state index is 12.0. The van der Waals surface area contributed by atoms with Gasteiger partial charge in [-0.3, -0.25) is 0 Å². The highest BCUT2D eigenvalue weighted by molar-refractivity contribution is 7.91. The van der Waals surface area contributed by atoms with E-state index in [0.717, 1.165) is 12.8 Å². The van der Waals surface area contributed by atoms with Gasteiger partial charge in [0.2, 0.25) is 0 Å². The molecule has 2 aliphatic heterocycles. The summed E-state index contributed by atoms with van der Waals surface area (Å²) in [5, 5.41) is 0. The summed E-state index contributed by atoms with van der Waals surface area (Å²) in [5.74, 6) is 0.172. The molecule has 2 heterocycles. The molecule has 0 aromatic heterocycles. The molecule has 0 aliphatic carbocycles. The Morgan fingerprint density at radius 1 is 1.18 bits per heavy atom. The van der Waals surface area contributed by atoms with Crippen molar-refractivity contribution in [1.82, 2.24) is 4.90 Å². The van der Waals surface area contributed by atoms with Crippen LogP contribution in [0.2, 0.25) is 0 Å². The highest BCUT2D eigenvalue weighted by Crippen LogP contribution is 2.32. The molecule has 2 fully saturated rings. The van der Waals surface area contributed by atoms with Gasteiger partial charge >= 0.3 is 6.09 Å². The van der Waals surface area contributed by atoms with Gasteiger partial charge in [-0.05, 0) is 33.6 Å². The van der Waals surface area contributed by atoms with Crippen LogP contribution in [-0.2, 0) is 14.6 Å². The van der Waals surface area contributed by atoms with Gasteiger partial charge in [0.1, 0.15) is 5.60 Å². The topological polar surface area (TPSA) is 63.7 Å². The largest absolute Gasteiger partial charge is 0.444 e. The van der Waals surface area contributed by atoms with Gasteiger partial charge in [-0.15, -0.1) is 0 Å². The second-order valence-electron chi connectivity index (χ2n) is 5.85. The normalized spacial score (nSPS) is 31.4.